The Morgan fingerprint density at radius 3 is 2.55 bits per heavy atom. The average Bonchev–Trinajstić information content (AvgIpc) is 3.21. The standard InChI is InChI=1S/C23H23F2N5O2S/c1-14(2)15-6-8-17(9-7-15)27-22-28-21-19(4-3-5-20(21)33(31,32)29-22)16-12-26-30(13-16)18-10-23(24,25)11-18/h3-9,12-14,18H,10-11H2,1-2H3,(H2,27,28,29). The van der Waals surface area contributed by atoms with Crippen molar-refractivity contribution in [2.75, 3.05) is 10.6 Å². The van der Waals surface area contributed by atoms with Crippen molar-refractivity contribution >= 4 is 27.4 Å². The summed E-state index contributed by atoms with van der Waals surface area (Å²) in [7, 11) is -3.95. The summed E-state index contributed by atoms with van der Waals surface area (Å²) in [4.78, 5) is 0.0450. The Bertz CT molecular complexity index is 1340. The Balaban J connectivity index is 1.44. The molecule has 0 amide bonds. The summed E-state index contributed by atoms with van der Waals surface area (Å²) in [5, 5.41) is 10.4. The van der Waals surface area contributed by atoms with Crippen LogP contribution in [0.3, 0.4) is 0 Å². The summed E-state index contributed by atoms with van der Waals surface area (Å²) in [5.41, 5.74) is 3.46. The second kappa shape index (κ2) is 7.65. The van der Waals surface area contributed by atoms with Crippen LogP contribution in [0.1, 0.15) is 44.2 Å². The first-order chi connectivity index (χ1) is 15.6. The molecule has 2 heterocycles. The molecule has 7 nitrogen and oxygen atoms in total. The number of sulfonamides is 1. The SMILES string of the molecule is CC(C)c1ccc(NC2=NS(=O)(=O)c3cccc(-c4cnn(C5CC(F)(F)C5)c4)c3N2)cc1. The lowest BCUT2D eigenvalue weighted by Crippen LogP contribution is -2.37. The van der Waals surface area contributed by atoms with Gasteiger partial charge in [0.25, 0.3) is 15.9 Å². The Hall–Kier alpha value is -3.27. The van der Waals surface area contributed by atoms with Gasteiger partial charge in [-0.1, -0.05) is 38.1 Å². The molecule has 2 aliphatic rings. The van der Waals surface area contributed by atoms with E-state index in [1.165, 1.54) is 16.3 Å². The van der Waals surface area contributed by atoms with Crippen LogP contribution in [0.25, 0.3) is 11.1 Å². The van der Waals surface area contributed by atoms with E-state index in [0.29, 0.717) is 28.4 Å². The van der Waals surface area contributed by atoms with E-state index < -0.39 is 15.9 Å². The van der Waals surface area contributed by atoms with Crippen LogP contribution in [-0.4, -0.2) is 30.1 Å². The zero-order valence-corrected chi connectivity index (χ0v) is 18.9. The number of hydrogen-bond donors (Lipinski definition) is 2. The van der Waals surface area contributed by atoms with Gasteiger partial charge in [0.15, 0.2) is 0 Å². The molecule has 1 fully saturated rings. The number of anilines is 2. The fourth-order valence-electron chi connectivity index (χ4n) is 4.06. The Morgan fingerprint density at radius 2 is 1.88 bits per heavy atom. The summed E-state index contributed by atoms with van der Waals surface area (Å²) in [6.45, 7) is 4.19. The van der Waals surface area contributed by atoms with Gasteiger partial charge in [-0.2, -0.15) is 13.5 Å². The number of nitrogens with one attached hydrogen (secondary N) is 2. The van der Waals surface area contributed by atoms with Crippen LogP contribution in [0, 0.1) is 0 Å². The molecule has 0 atom stereocenters. The van der Waals surface area contributed by atoms with Crippen LogP contribution in [0.5, 0.6) is 0 Å². The van der Waals surface area contributed by atoms with Gasteiger partial charge in [0.2, 0.25) is 5.96 Å². The van der Waals surface area contributed by atoms with Gasteiger partial charge in [-0.05, 0) is 29.7 Å². The lowest BCUT2D eigenvalue weighted by atomic mass is 9.88. The number of guanidine groups is 1. The highest BCUT2D eigenvalue weighted by atomic mass is 32.2. The van der Waals surface area contributed by atoms with Gasteiger partial charge >= 0.3 is 0 Å². The highest BCUT2D eigenvalue weighted by Crippen LogP contribution is 2.46. The largest absolute Gasteiger partial charge is 0.325 e. The second-order valence-electron chi connectivity index (χ2n) is 8.75. The van der Waals surface area contributed by atoms with Crippen molar-refractivity contribution in [2.45, 2.75) is 49.5 Å². The Morgan fingerprint density at radius 1 is 1.15 bits per heavy atom. The van der Waals surface area contributed by atoms with Crippen molar-refractivity contribution < 1.29 is 17.2 Å². The van der Waals surface area contributed by atoms with Crippen molar-refractivity contribution in [1.29, 1.82) is 0 Å². The van der Waals surface area contributed by atoms with E-state index in [-0.39, 0.29) is 29.7 Å². The zero-order valence-electron chi connectivity index (χ0n) is 18.1. The average molecular weight is 472 g/mol. The molecule has 33 heavy (non-hydrogen) atoms. The molecule has 1 aliphatic carbocycles. The quantitative estimate of drug-likeness (QED) is 0.544. The summed E-state index contributed by atoms with van der Waals surface area (Å²) >= 11 is 0. The predicted octanol–water partition coefficient (Wildman–Crippen LogP) is 5.23. The van der Waals surface area contributed by atoms with E-state index >= 15 is 0 Å². The number of hydrogen-bond acceptors (Lipinski definition) is 5. The second-order valence-corrected chi connectivity index (χ2v) is 10.3. The van der Waals surface area contributed by atoms with Crippen LogP contribution in [0.15, 0.2) is 64.2 Å². The van der Waals surface area contributed by atoms with Crippen LogP contribution in [-0.2, 0) is 10.0 Å². The van der Waals surface area contributed by atoms with E-state index in [1.807, 2.05) is 24.3 Å². The minimum atomic E-state index is -3.95. The number of fused-ring (bicyclic) bond motifs is 1. The highest BCUT2D eigenvalue weighted by molar-refractivity contribution is 7.90. The monoisotopic (exact) mass is 471 g/mol. The number of para-hydroxylation sites is 1. The number of halogens is 2. The van der Waals surface area contributed by atoms with E-state index in [2.05, 4.69) is 34.0 Å². The summed E-state index contributed by atoms with van der Waals surface area (Å²) < 4.78 is 57.7. The first-order valence-electron chi connectivity index (χ1n) is 10.7. The van der Waals surface area contributed by atoms with E-state index in [4.69, 9.17) is 0 Å². The summed E-state index contributed by atoms with van der Waals surface area (Å²) in [6.07, 6.45) is 2.74. The molecule has 1 saturated carbocycles. The third-order valence-corrected chi connectivity index (χ3v) is 7.27. The van der Waals surface area contributed by atoms with Gasteiger partial charge in [-0.3, -0.25) is 4.68 Å². The molecule has 0 spiro atoms. The predicted molar refractivity (Wildman–Crippen MR) is 123 cm³/mol. The number of alkyl halides is 2. The third kappa shape index (κ3) is 4.10. The molecule has 2 aromatic carbocycles. The van der Waals surface area contributed by atoms with E-state index in [0.717, 1.165) is 0 Å². The van der Waals surface area contributed by atoms with Gasteiger partial charge in [-0.15, -0.1) is 4.40 Å². The fraction of sp³-hybridized carbons (Fsp3) is 0.304. The number of aromatic nitrogens is 2. The molecule has 2 N–H and O–H groups in total. The van der Waals surface area contributed by atoms with E-state index in [1.54, 1.807) is 24.5 Å². The van der Waals surface area contributed by atoms with E-state index in [9.17, 15) is 17.2 Å². The van der Waals surface area contributed by atoms with Crippen molar-refractivity contribution in [3.63, 3.8) is 0 Å². The third-order valence-electron chi connectivity index (χ3n) is 5.95. The molecular formula is C23H23F2N5O2S. The number of nitrogens with zero attached hydrogens (tertiary/aromatic N) is 3. The molecule has 5 rings (SSSR count). The molecule has 0 saturated heterocycles. The van der Waals surface area contributed by atoms with Crippen LogP contribution in [0.4, 0.5) is 20.2 Å². The first-order valence-corrected chi connectivity index (χ1v) is 12.1. The molecule has 0 radical (unpaired) electrons. The van der Waals surface area contributed by atoms with Gasteiger partial charge in [0, 0.05) is 35.9 Å². The minimum Gasteiger partial charge on any atom is -0.325 e. The van der Waals surface area contributed by atoms with Crippen molar-refractivity contribution in [2.24, 2.45) is 4.40 Å². The normalized spacial score (nSPS) is 18.8. The zero-order chi connectivity index (χ0) is 23.4. The van der Waals surface area contributed by atoms with Crippen LogP contribution < -0.4 is 10.6 Å². The van der Waals surface area contributed by atoms with Gasteiger partial charge in [0.05, 0.1) is 17.9 Å². The maximum atomic E-state index is 13.3. The van der Waals surface area contributed by atoms with Gasteiger partial charge in [-0.25, -0.2) is 8.78 Å². The van der Waals surface area contributed by atoms with Crippen molar-refractivity contribution in [3.8, 4) is 11.1 Å². The van der Waals surface area contributed by atoms with Crippen molar-refractivity contribution in [1.82, 2.24) is 9.78 Å². The van der Waals surface area contributed by atoms with Crippen LogP contribution >= 0.6 is 0 Å². The molecule has 3 aromatic rings. The Labute approximate surface area is 190 Å². The smallest absolute Gasteiger partial charge is 0.287 e. The summed E-state index contributed by atoms with van der Waals surface area (Å²) in [6, 6.07) is 12.2. The molecule has 10 heteroatoms. The molecule has 1 aliphatic heterocycles. The lowest BCUT2D eigenvalue weighted by Gasteiger charge is -2.34. The number of rotatable bonds is 4. The number of benzene rings is 2. The molecule has 172 valence electrons. The maximum Gasteiger partial charge on any atom is 0.287 e. The lowest BCUT2D eigenvalue weighted by molar-refractivity contribution is -0.106. The summed E-state index contributed by atoms with van der Waals surface area (Å²) in [5.74, 6) is -2.19. The molecule has 0 unspecified atom stereocenters. The molecular weight excluding hydrogens is 448 g/mol. The van der Waals surface area contributed by atoms with Crippen molar-refractivity contribution in [3.05, 3.63) is 60.4 Å². The maximum absolute atomic E-state index is 13.3. The van der Waals surface area contributed by atoms with Gasteiger partial charge in [0.1, 0.15) is 4.90 Å². The van der Waals surface area contributed by atoms with Crippen LogP contribution in [0.2, 0.25) is 0 Å². The topological polar surface area (TPSA) is 88.4 Å². The van der Waals surface area contributed by atoms with Gasteiger partial charge < -0.3 is 10.6 Å². The minimum absolute atomic E-state index is 0.0450. The molecule has 1 aromatic heterocycles. The Kier molecular flexibility index (Phi) is 5.00. The first kappa shape index (κ1) is 21.6. The molecule has 0 bridgehead atoms. The fourth-order valence-corrected chi connectivity index (χ4v) is 5.16. The highest BCUT2D eigenvalue weighted by Gasteiger charge is 2.46.